The minimum Gasteiger partial charge on any atom is -0.394 e. The van der Waals surface area contributed by atoms with E-state index in [0.29, 0.717) is 5.69 Å². The number of nitrogens with one attached hydrogen (secondary N) is 1. The van der Waals surface area contributed by atoms with Crippen molar-refractivity contribution in [2.45, 2.75) is 25.3 Å². The summed E-state index contributed by atoms with van der Waals surface area (Å²) in [4.78, 5) is 24.4. The lowest BCUT2D eigenvalue weighted by molar-refractivity contribution is 0.0817. The Hall–Kier alpha value is -2.47. The number of rotatable bonds is 5. The Kier molecular flexibility index (Phi) is 4.00. The highest BCUT2D eigenvalue weighted by Crippen LogP contribution is 2.39. The summed E-state index contributed by atoms with van der Waals surface area (Å²) in [5.41, 5.74) is -0.208. The average Bonchev–Trinajstić information content (AvgIpc) is 3.41. The second-order valence-electron chi connectivity index (χ2n) is 6.11. The van der Waals surface area contributed by atoms with E-state index in [-0.39, 0.29) is 23.8 Å². The number of carbonyl (C=O) groups is 1. The summed E-state index contributed by atoms with van der Waals surface area (Å²) >= 11 is 0. The molecule has 0 radical (unpaired) electrons. The van der Waals surface area contributed by atoms with Gasteiger partial charge >= 0.3 is 0 Å². The Bertz CT molecular complexity index is 768. The Morgan fingerprint density at radius 2 is 2.00 bits per heavy atom. The van der Waals surface area contributed by atoms with Crippen LogP contribution in [0.1, 0.15) is 30.3 Å². The zero-order valence-electron chi connectivity index (χ0n) is 12.9. The number of aromatic nitrogens is 2. The number of nitrogens with zero attached hydrogens (tertiary/aromatic N) is 2. The van der Waals surface area contributed by atoms with Gasteiger partial charge in [0.15, 0.2) is 0 Å². The zero-order valence-corrected chi connectivity index (χ0v) is 12.9. The first-order valence-electron chi connectivity index (χ1n) is 7.63. The van der Waals surface area contributed by atoms with Crippen molar-refractivity contribution in [2.75, 3.05) is 6.61 Å². The molecule has 1 aromatic carbocycles. The molecule has 2 N–H and O–H groups in total. The van der Waals surface area contributed by atoms with E-state index in [9.17, 15) is 14.7 Å². The number of carbonyl (C=O) groups excluding carboxylic acids is 1. The van der Waals surface area contributed by atoms with Crippen molar-refractivity contribution in [2.24, 2.45) is 5.92 Å². The van der Waals surface area contributed by atoms with E-state index in [0.717, 1.165) is 12.8 Å². The maximum atomic E-state index is 12.4. The lowest BCUT2D eigenvalue weighted by Crippen LogP contribution is -2.51. The molecule has 1 saturated carbocycles. The summed E-state index contributed by atoms with van der Waals surface area (Å²) < 4.78 is 1.20. The Morgan fingerprint density at radius 1 is 1.30 bits per heavy atom. The van der Waals surface area contributed by atoms with Crippen LogP contribution in [-0.2, 0) is 0 Å². The summed E-state index contributed by atoms with van der Waals surface area (Å²) in [7, 11) is 0. The lowest BCUT2D eigenvalue weighted by atomic mass is 9.97. The van der Waals surface area contributed by atoms with Gasteiger partial charge in [-0.2, -0.15) is 9.78 Å². The van der Waals surface area contributed by atoms with Gasteiger partial charge in [0.25, 0.3) is 11.5 Å². The molecular weight excluding hydrogens is 294 g/mol. The van der Waals surface area contributed by atoms with Gasteiger partial charge in [-0.3, -0.25) is 9.59 Å². The molecule has 120 valence electrons. The number of hydrogen-bond acceptors (Lipinski definition) is 4. The second kappa shape index (κ2) is 5.96. The van der Waals surface area contributed by atoms with Crippen LogP contribution in [0.15, 0.2) is 47.3 Å². The largest absolute Gasteiger partial charge is 0.394 e. The molecule has 3 rings (SSSR count). The fourth-order valence-electron chi connectivity index (χ4n) is 2.60. The molecular formula is C17H19N3O3. The zero-order chi connectivity index (χ0) is 16.4. The maximum Gasteiger partial charge on any atom is 0.272 e. The van der Waals surface area contributed by atoms with Crippen molar-refractivity contribution in [3.8, 4) is 5.69 Å². The number of aliphatic hydroxyl groups excluding tert-OH is 1. The molecule has 1 aliphatic rings. The Balaban J connectivity index is 1.89. The van der Waals surface area contributed by atoms with Gasteiger partial charge in [0.05, 0.1) is 17.8 Å². The van der Waals surface area contributed by atoms with Crippen LogP contribution in [0.4, 0.5) is 0 Å². The Morgan fingerprint density at radius 3 is 2.61 bits per heavy atom. The van der Waals surface area contributed by atoms with Crippen LogP contribution < -0.4 is 10.9 Å². The molecule has 6 nitrogen and oxygen atoms in total. The summed E-state index contributed by atoms with van der Waals surface area (Å²) in [5, 5.41) is 16.6. The summed E-state index contributed by atoms with van der Waals surface area (Å²) in [5.74, 6) is -0.102. The van der Waals surface area contributed by atoms with Gasteiger partial charge in [0.2, 0.25) is 0 Å². The first-order chi connectivity index (χ1) is 11.0. The molecule has 1 unspecified atom stereocenters. The molecule has 6 heteroatoms. The average molecular weight is 313 g/mol. The van der Waals surface area contributed by atoms with Gasteiger partial charge < -0.3 is 10.4 Å². The van der Waals surface area contributed by atoms with Crippen LogP contribution in [0.5, 0.6) is 0 Å². The van der Waals surface area contributed by atoms with Crippen molar-refractivity contribution >= 4 is 5.91 Å². The molecule has 0 aliphatic heterocycles. The van der Waals surface area contributed by atoms with E-state index in [1.807, 2.05) is 13.0 Å². The third-order valence-corrected chi connectivity index (χ3v) is 4.24. The fraction of sp³-hybridized carbons (Fsp3) is 0.353. The van der Waals surface area contributed by atoms with Crippen LogP contribution in [-0.4, -0.2) is 32.9 Å². The number of para-hydroxylation sites is 1. The van der Waals surface area contributed by atoms with Crippen LogP contribution in [0.25, 0.3) is 5.69 Å². The van der Waals surface area contributed by atoms with Gasteiger partial charge in [-0.15, -0.1) is 0 Å². The van der Waals surface area contributed by atoms with Gasteiger partial charge in [-0.25, -0.2) is 0 Å². The number of aliphatic hydroxyl groups is 1. The second-order valence-corrected chi connectivity index (χ2v) is 6.11. The molecule has 1 fully saturated rings. The molecule has 1 amide bonds. The van der Waals surface area contributed by atoms with E-state index >= 15 is 0 Å². The van der Waals surface area contributed by atoms with Gasteiger partial charge in [0.1, 0.15) is 5.69 Å². The summed E-state index contributed by atoms with van der Waals surface area (Å²) in [6, 6.07) is 11.7. The molecule has 1 atom stereocenters. The van der Waals surface area contributed by atoms with E-state index in [1.54, 1.807) is 24.3 Å². The van der Waals surface area contributed by atoms with E-state index in [4.69, 9.17) is 0 Å². The van der Waals surface area contributed by atoms with Crippen molar-refractivity contribution < 1.29 is 9.90 Å². The van der Waals surface area contributed by atoms with Crippen LogP contribution in [0, 0.1) is 5.92 Å². The minimum absolute atomic E-state index is 0.123. The third-order valence-electron chi connectivity index (χ3n) is 4.24. The lowest BCUT2D eigenvalue weighted by Gasteiger charge is -2.28. The van der Waals surface area contributed by atoms with Crippen molar-refractivity contribution in [1.29, 1.82) is 0 Å². The van der Waals surface area contributed by atoms with E-state index in [2.05, 4.69) is 10.4 Å². The molecule has 0 saturated heterocycles. The van der Waals surface area contributed by atoms with Crippen LogP contribution >= 0.6 is 0 Å². The summed E-state index contributed by atoms with van der Waals surface area (Å²) in [6.07, 6.45) is 1.99. The van der Waals surface area contributed by atoms with E-state index in [1.165, 1.54) is 16.8 Å². The number of benzene rings is 1. The van der Waals surface area contributed by atoms with Crippen LogP contribution in [0.3, 0.4) is 0 Å². The number of amides is 1. The molecule has 1 aromatic heterocycles. The minimum atomic E-state index is -0.646. The SMILES string of the molecule is CC(CO)(NC(=O)c1ccc(=O)n(-c2ccccc2)n1)C1CC1. The first kappa shape index (κ1) is 15.4. The third kappa shape index (κ3) is 3.17. The number of hydrogen-bond donors (Lipinski definition) is 2. The standard InChI is InChI=1S/C17H19N3O3/c1-17(11-21,12-7-8-12)18-16(23)14-9-10-15(22)20(19-14)13-5-3-2-4-6-13/h2-6,9-10,12,21H,7-8,11H2,1H3,(H,18,23). The molecule has 1 heterocycles. The fourth-order valence-corrected chi connectivity index (χ4v) is 2.60. The Labute approximate surface area is 133 Å². The summed E-state index contributed by atoms with van der Waals surface area (Å²) in [6.45, 7) is 1.71. The molecule has 2 aromatic rings. The highest BCUT2D eigenvalue weighted by Gasteiger charge is 2.42. The predicted molar refractivity (Wildman–Crippen MR) is 85.5 cm³/mol. The highest BCUT2D eigenvalue weighted by molar-refractivity contribution is 5.92. The van der Waals surface area contributed by atoms with Crippen molar-refractivity contribution in [1.82, 2.24) is 15.1 Å². The maximum absolute atomic E-state index is 12.4. The quantitative estimate of drug-likeness (QED) is 0.866. The van der Waals surface area contributed by atoms with Gasteiger partial charge in [-0.05, 0) is 43.9 Å². The predicted octanol–water partition coefficient (Wildman–Crippen LogP) is 1.12. The van der Waals surface area contributed by atoms with Crippen molar-refractivity contribution in [3.05, 3.63) is 58.5 Å². The van der Waals surface area contributed by atoms with Crippen molar-refractivity contribution in [3.63, 3.8) is 0 Å². The van der Waals surface area contributed by atoms with Gasteiger partial charge in [-0.1, -0.05) is 18.2 Å². The van der Waals surface area contributed by atoms with E-state index < -0.39 is 11.4 Å². The molecule has 1 aliphatic carbocycles. The smallest absolute Gasteiger partial charge is 0.272 e. The molecule has 0 bridgehead atoms. The van der Waals surface area contributed by atoms with Gasteiger partial charge in [0, 0.05) is 6.07 Å². The first-order valence-corrected chi connectivity index (χ1v) is 7.63. The molecule has 0 spiro atoms. The topological polar surface area (TPSA) is 84.2 Å². The highest BCUT2D eigenvalue weighted by atomic mass is 16.3. The monoisotopic (exact) mass is 313 g/mol. The van der Waals surface area contributed by atoms with Crippen LogP contribution in [0.2, 0.25) is 0 Å². The normalized spacial score (nSPS) is 16.6. The molecule has 23 heavy (non-hydrogen) atoms.